The summed E-state index contributed by atoms with van der Waals surface area (Å²) in [5, 5.41) is 7.69. The predicted octanol–water partition coefficient (Wildman–Crippen LogP) is 8.40. The van der Waals surface area contributed by atoms with Gasteiger partial charge in [-0.1, -0.05) is 89.6 Å². The molecular weight excluding hydrogens is 785 g/mol. The Hall–Kier alpha value is -6.18. The largest absolute Gasteiger partial charge is 0.453 e. The molecule has 8 rings (SSSR count). The van der Waals surface area contributed by atoms with Crippen LogP contribution in [0.3, 0.4) is 0 Å². The maximum atomic E-state index is 13.9. The second kappa shape index (κ2) is 17.3. The summed E-state index contributed by atoms with van der Waals surface area (Å²) in [5.74, 6) is 1.37. The lowest BCUT2D eigenvalue weighted by atomic mass is 9.98. The number of aromatic amines is 2. The lowest BCUT2D eigenvalue weighted by Crippen LogP contribution is -2.51. The summed E-state index contributed by atoms with van der Waals surface area (Å²) in [7, 11) is 2.61. The number of amides is 4. The molecule has 1 saturated carbocycles. The maximum Gasteiger partial charge on any atom is 0.407 e. The first-order chi connectivity index (χ1) is 29.8. The molecule has 326 valence electrons. The molecule has 4 heterocycles. The number of carbonyl (C=O) groups excluding carboxylic acids is 4. The average Bonchev–Trinajstić information content (AvgIpc) is 3.78. The van der Waals surface area contributed by atoms with Gasteiger partial charge in [0.25, 0.3) is 0 Å². The number of H-pyrrole nitrogens is 2. The predicted molar refractivity (Wildman–Crippen MR) is 236 cm³/mol. The number of carbonyl (C=O) groups is 4. The van der Waals surface area contributed by atoms with Crippen molar-refractivity contribution in [3.05, 3.63) is 84.7 Å². The highest BCUT2D eigenvalue weighted by atomic mass is 16.5. The van der Waals surface area contributed by atoms with E-state index in [-0.39, 0.29) is 41.1 Å². The molecule has 4 amide bonds. The van der Waals surface area contributed by atoms with E-state index in [2.05, 4.69) is 88.2 Å². The van der Waals surface area contributed by atoms with Crippen molar-refractivity contribution >= 4 is 34.8 Å². The summed E-state index contributed by atoms with van der Waals surface area (Å²) in [5.41, 5.74) is 6.04. The molecule has 5 aromatic rings. The monoisotopic (exact) mass is 842 g/mol. The highest BCUT2D eigenvalue weighted by molar-refractivity contribution is 5.91. The summed E-state index contributed by atoms with van der Waals surface area (Å²) in [6, 6.07) is 19.4. The SMILES string of the molecule is CC[C@H]1C[C@@H](c2ncc(-c3ccc(-c4ccc5cc(-c6cnc([C@@H]7CC8(CC8)CN7C(=O)[C@@H](NC(=O)OC)C(C)C)[nH]6)ccc5c4)cc3)[nH]2)N(C(=O)[C@@H](NC(=O)OC)C(C)C)C1. The third kappa shape index (κ3) is 8.51. The summed E-state index contributed by atoms with van der Waals surface area (Å²) < 4.78 is 9.63. The Kier molecular flexibility index (Phi) is 11.9. The van der Waals surface area contributed by atoms with E-state index in [1.807, 2.05) is 49.9 Å². The minimum atomic E-state index is -0.698. The average molecular weight is 843 g/mol. The zero-order valence-corrected chi connectivity index (χ0v) is 36.7. The Morgan fingerprint density at radius 1 is 0.710 bits per heavy atom. The van der Waals surface area contributed by atoms with Gasteiger partial charge in [-0.15, -0.1) is 0 Å². The number of nitrogens with one attached hydrogen (secondary N) is 4. The Bertz CT molecular complexity index is 2450. The zero-order valence-electron chi connectivity index (χ0n) is 36.7. The quantitative estimate of drug-likeness (QED) is 0.0969. The van der Waals surface area contributed by atoms with E-state index in [9.17, 15) is 19.2 Å². The molecule has 14 nitrogen and oxygen atoms in total. The molecule has 2 aliphatic heterocycles. The van der Waals surface area contributed by atoms with E-state index in [0.717, 1.165) is 88.2 Å². The van der Waals surface area contributed by atoms with E-state index in [0.29, 0.717) is 19.0 Å². The van der Waals surface area contributed by atoms with Crippen LogP contribution in [0, 0.1) is 23.2 Å². The van der Waals surface area contributed by atoms with Crippen LogP contribution in [0.2, 0.25) is 0 Å². The number of ether oxygens (including phenoxy) is 2. The van der Waals surface area contributed by atoms with E-state index in [1.54, 1.807) is 0 Å². The highest BCUT2D eigenvalue weighted by Gasteiger charge is 2.55. The topological polar surface area (TPSA) is 175 Å². The third-order valence-electron chi connectivity index (χ3n) is 13.3. The van der Waals surface area contributed by atoms with Crippen LogP contribution in [-0.4, -0.2) is 93.1 Å². The first kappa shape index (κ1) is 42.5. The molecule has 0 radical (unpaired) electrons. The van der Waals surface area contributed by atoms with Crippen LogP contribution in [-0.2, 0) is 19.1 Å². The smallest absolute Gasteiger partial charge is 0.407 e. The molecule has 2 aromatic heterocycles. The molecule has 0 unspecified atom stereocenters. The molecule has 3 fully saturated rings. The molecule has 1 aliphatic carbocycles. The number of fused-ring (bicyclic) bond motifs is 1. The fraction of sp³-hybridized carbons (Fsp3) is 0.458. The number of imidazole rings is 2. The van der Waals surface area contributed by atoms with Crippen molar-refractivity contribution in [1.82, 2.24) is 40.4 Å². The van der Waals surface area contributed by atoms with Crippen molar-refractivity contribution in [2.45, 2.75) is 90.9 Å². The van der Waals surface area contributed by atoms with Gasteiger partial charge in [0.15, 0.2) is 0 Å². The first-order valence-electron chi connectivity index (χ1n) is 21.8. The van der Waals surface area contributed by atoms with Crippen molar-refractivity contribution in [2.24, 2.45) is 23.2 Å². The molecule has 14 heteroatoms. The van der Waals surface area contributed by atoms with Gasteiger partial charge in [-0.2, -0.15) is 0 Å². The van der Waals surface area contributed by atoms with Crippen molar-refractivity contribution in [3.8, 4) is 33.6 Å². The number of hydrogen-bond acceptors (Lipinski definition) is 8. The minimum absolute atomic E-state index is 0.106. The molecule has 1 spiro atoms. The number of hydrogen-bond donors (Lipinski definition) is 4. The van der Waals surface area contributed by atoms with Crippen LogP contribution >= 0.6 is 0 Å². The molecule has 0 bridgehead atoms. The Morgan fingerprint density at radius 2 is 1.21 bits per heavy atom. The number of likely N-dealkylation sites (tertiary alicyclic amines) is 2. The van der Waals surface area contributed by atoms with Gasteiger partial charge in [-0.3, -0.25) is 9.59 Å². The van der Waals surface area contributed by atoms with Crippen LogP contribution in [0.1, 0.15) is 90.5 Å². The van der Waals surface area contributed by atoms with E-state index >= 15 is 0 Å². The fourth-order valence-corrected chi connectivity index (χ4v) is 9.29. The van der Waals surface area contributed by atoms with Crippen LogP contribution in [0.25, 0.3) is 44.4 Å². The van der Waals surface area contributed by atoms with Crippen molar-refractivity contribution in [1.29, 1.82) is 0 Å². The Labute approximate surface area is 362 Å². The van der Waals surface area contributed by atoms with Gasteiger partial charge >= 0.3 is 12.2 Å². The number of alkyl carbamates (subject to hydrolysis) is 2. The van der Waals surface area contributed by atoms with Gasteiger partial charge < -0.3 is 39.9 Å². The van der Waals surface area contributed by atoms with Gasteiger partial charge in [-0.25, -0.2) is 19.6 Å². The summed E-state index contributed by atoms with van der Waals surface area (Å²) in [6.45, 7) is 11.1. The molecule has 5 atom stereocenters. The number of nitrogens with zero attached hydrogens (tertiary/aromatic N) is 4. The third-order valence-corrected chi connectivity index (χ3v) is 13.3. The lowest BCUT2D eigenvalue weighted by molar-refractivity contribution is -0.136. The molecule has 3 aromatic carbocycles. The number of methoxy groups -OCH3 is 2. The Morgan fingerprint density at radius 3 is 1.76 bits per heavy atom. The van der Waals surface area contributed by atoms with Crippen LogP contribution in [0.15, 0.2) is 73.1 Å². The van der Waals surface area contributed by atoms with Crippen molar-refractivity contribution in [2.75, 3.05) is 27.3 Å². The molecular formula is C48H58N8O6. The van der Waals surface area contributed by atoms with E-state index < -0.39 is 24.3 Å². The van der Waals surface area contributed by atoms with Crippen LogP contribution in [0.4, 0.5) is 9.59 Å². The second-order valence-electron chi connectivity index (χ2n) is 18.1. The highest BCUT2D eigenvalue weighted by Crippen LogP contribution is 2.58. The van der Waals surface area contributed by atoms with Gasteiger partial charge in [-0.05, 0) is 88.4 Å². The summed E-state index contributed by atoms with van der Waals surface area (Å²) in [4.78, 5) is 72.4. The molecule has 62 heavy (non-hydrogen) atoms. The van der Waals surface area contributed by atoms with Gasteiger partial charge in [0.1, 0.15) is 23.7 Å². The fourth-order valence-electron chi connectivity index (χ4n) is 9.29. The normalized spacial score (nSPS) is 20.2. The summed E-state index contributed by atoms with van der Waals surface area (Å²) >= 11 is 0. The number of rotatable bonds is 12. The minimum Gasteiger partial charge on any atom is -0.453 e. The lowest BCUT2D eigenvalue weighted by Gasteiger charge is -2.30. The zero-order chi connectivity index (χ0) is 43.9. The van der Waals surface area contributed by atoms with E-state index in [1.165, 1.54) is 14.2 Å². The second-order valence-corrected chi connectivity index (χ2v) is 18.1. The van der Waals surface area contributed by atoms with Crippen LogP contribution < -0.4 is 10.6 Å². The molecule has 2 saturated heterocycles. The van der Waals surface area contributed by atoms with Crippen LogP contribution in [0.5, 0.6) is 0 Å². The van der Waals surface area contributed by atoms with Gasteiger partial charge in [0, 0.05) is 18.7 Å². The first-order valence-corrected chi connectivity index (χ1v) is 21.8. The number of aromatic nitrogens is 4. The van der Waals surface area contributed by atoms with Gasteiger partial charge in [0.05, 0.1) is 50.1 Å². The number of benzene rings is 3. The van der Waals surface area contributed by atoms with Gasteiger partial charge in [0.2, 0.25) is 11.8 Å². The molecule has 4 N–H and O–H groups in total. The van der Waals surface area contributed by atoms with E-state index in [4.69, 9.17) is 19.4 Å². The summed E-state index contributed by atoms with van der Waals surface area (Å²) in [6.07, 6.45) is 7.20. The molecule has 3 aliphatic rings. The maximum absolute atomic E-state index is 13.9. The Balaban J connectivity index is 0.961. The standard InChI is InChI=1S/C48H58N8O6/c1-8-29-19-38(55(25-29)44(57)40(27(2)3)53-46(59)61-6)42-49-23-36(51-42)31-11-9-30(10-12-31)32-13-14-34-21-35(16-15-33(34)20-32)37-24-50-43(52-37)39-22-48(17-18-48)26-56(39)45(58)41(28(4)5)54-47(60)62-7/h9-16,20-21,23-24,27-29,38-41H,8,17-19,22,25-26H2,1-7H3,(H,49,51)(H,50,52)(H,53,59)(H,54,60)/t29-,38-,39-,40-,41-/m0/s1. The van der Waals surface area contributed by atoms with Crippen molar-refractivity contribution < 1.29 is 28.7 Å². The van der Waals surface area contributed by atoms with Crippen molar-refractivity contribution in [3.63, 3.8) is 0 Å².